The van der Waals surface area contributed by atoms with E-state index in [1.807, 2.05) is 0 Å². The summed E-state index contributed by atoms with van der Waals surface area (Å²) in [5.74, 6) is 0.325. The van der Waals surface area contributed by atoms with Crippen LogP contribution in [0.4, 0.5) is 16.4 Å². The number of ether oxygens (including phenoxy) is 2. The predicted molar refractivity (Wildman–Crippen MR) is 110 cm³/mol. The van der Waals surface area contributed by atoms with Gasteiger partial charge in [-0.2, -0.15) is 0 Å². The molecule has 5 N–H and O–H groups in total. The molecular formula is C20H19N3O4S. The van der Waals surface area contributed by atoms with Crippen LogP contribution in [0.1, 0.15) is 25.6 Å². The Morgan fingerprint density at radius 3 is 1.96 bits per heavy atom. The van der Waals surface area contributed by atoms with Crippen LogP contribution >= 0.6 is 11.3 Å². The Hall–Kier alpha value is -3.52. The zero-order valence-electron chi connectivity index (χ0n) is 15.3. The van der Waals surface area contributed by atoms with Gasteiger partial charge in [-0.15, -0.1) is 11.3 Å². The van der Waals surface area contributed by atoms with Crippen LogP contribution in [-0.4, -0.2) is 25.9 Å². The zero-order valence-corrected chi connectivity index (χ0v) is 16.1. The number of methoxy groups -OCH3 is 2. The molecule has 8 heteroatoms. The standard InChI is InChI=1S/C20H19N3O4S/c1-26-13-7-3-11(4-8-13)17(24)18-16(21)15(19(22)25)20(28-18)23-12-5-9-14(27-2)10-6-12/h3-10,23H,21H2,1-2H3,(H2,22,25). The number of primary amides is 1. The van der Waals surface area contributed by atoms with Gasteiger partial charge in [0.25, 0.3) is 5.91 Å². The number of ketones is 1. The van der Waals surface area contributed by atoms with Crippen LogP contribution in [0.2, 0.25) is 0 Å². The summed E-state index contributed by atoms with van der Waals surface area (Å²) < 4.78 is 10.2. The molecule has 0 bridgehead atoms. The van der Waals surface area contributed by atoms with Gasteiger partial charge in [0.15, 0.2) is 0 Å². The number of rotatable bonds is 7. The summed E-state index contributed by atoms with van der Waals surface area (Å²) in [4.78, 5) is 25.1. The third kappa shape index (κ3) is 3.77. The highest BCUT2D eigenvalue weighted by Gasteiger charge is 2.25. The molecule has 0 radical (unpaired) electrons. The summed E-state index contributed by atoms with van der Waals surface area (Å²) >= 11 is 1.08. The summed E-state index contributed by atoms with van der Waals surface area (Å²) in [6, 6.07) is 13.8. The minimum atomic E-state index is -0.710. The molecule has 144 valence electrons. The first-order valence-electron chi connectivity index (χ1n) is 8.26. The third-order valence-electron chi connectivity index (χ3n) is 4.10. The van der Waals surface area contributed by atoms with Crippen LogP contribution in [0.3, 0.4) is 0 Å². The molecule has 0 saturated carbocycles. The second-order valence-corrected chi connectivity index (χ2v) is 6.84. The molecule has 0 saturated heterocycles. The number of nitrogen functional groups attached to an aromatic ring is 1. The van der Waals surface area contributed by atoms with E-state index in [1.54, 1.807) is 62.8 Å². The van der Waals surface area contributed by atoms with E-state index in [1.165, 1.54) is 0 Å². The molecule has 1 heterocycles. The highest BCUT2D eigenvalue weighted by Crippen LogP contribution is 2.38. The number of amides is 1. The van der Waals surface area contributed by atoms with E-state index in [0.29, 0.717) is 27.8 Å². The minimum Gasteiger partial charge on any atom is -0.497 e. The van der Waals surface area contributed by atoms with Crippen LogP contribution < -0.4 is 26.3 Å². The van der Waals surface area contributed by atoms with Crippen LogP contribution in [0.25, 0.3) is 0 Å². The maximum atomic E-state index is 12.9. The summed E-state index contributed by atoms with van der Waals surface area (Å²) in [5.41, 5.74) is 12.9. The smallest absolute Gasteiger partial charge is 0.253 e. The Morgan fingerprint density at radius 1 is 0.929 bits per heavy atom. The maximum Gasteiger partial charge on any atom is 0.253 e. The largest absolute Gasteiger partial charge is 0.497 e. The third-order valence-corrected chi connectivity index (χ3v) is 5.22. The van der Waals surface area contributed by atoms with Gasteiger partial charge >= 0.3 is 0 Å². The van der Waals surface area contributed by atoms with Crippen molar-refractivity contribution < 1.29 is 19.1 Å². The molecule has 0 fully saturated rings. The van der Waals surface area contributed by atoms with Crippen molar-refractivity contribution in [1.29, 1.82) is 0 Å². The first-order valence-corrected chi connectivity index (χ1v) is 9.08. The van der Waals surface area contributed by atoms with Crippen molar-refractivity contribution in [1.82, 2.24) is 0 Å². The summed E-state index contributed by atoms with van der Waals surface area (Å²) in [7, 11) is 3.12. The monoisotopic (exact) mass is 397 g/mol. The molecule has 2 aromatic carbocycles. The van der Waals surface area contributed by atoms with Crippen LogP contribution in [0.5, 0.6) is 11.5 Å². The molecule has 1 aromatic heterocycles. The minimum absolute atomic E-state index is 0.0642. The highest BCUT2D eigenvalue weighted by molar-refractivity contribution is 7.19. The van der Waals surface area contributed by atoms with Gasteiger partial charge in [-0.25, -0.2) is 0 Å². The Labute approximate surface area is 165 Å². The lowest BCUT2D eigenvalue weighted by molar-refractivity contribution is 0.100. The summed E-state index contributed by atoms with van der Waals surface area (Å²) in [5, 5.41) is 3.51. The maximum absolute atomic E-state index is 12.9. The average Bonchev–Trinajstić information content (AvgIpc) is 3.04. The molecule has 0 aliphatic rings. The molecular weight excluding hydrogens is 378 g/mol. The quantitative estimate of drug-likeness (QED) is 0.526. The SMILES string of the molecule is COc1ccc(Nc2sc(C(=O)c3ccc(OC)cc3)c(N)c2C(N)=O)cc1. The predicted octanol–water partition coefficient (Wildman–Crippen LogP) is 3.42. The van der Waals surface area contributed by atoms with E-state index >= 15 is 0 Å². The lowest BCUT2D eigenvalue weighted by atomic mass is 10.1. The number of carbonyl (C=O) groups is 2. The van der Waals surface area contributed by atoms with Crippen molar-refractivity contribution in [2.24, 2.45) is 5.73 Å². The Morgan fingerprint density at radius 2 is 1.46 bits per heavy atom. The molecule has 1 amide bonds. The second kappa shape index (κ2) is 8.01. The number of hydrogen-bond donors (Lipinski definition) is 3. The molecule has 28 heavy (non-hydrogen) atoms. The van der Waals surface area contributed by atoms with E-state index in [9.17, 15) is 9.59 Å². The second-order valence-electron chi connectivity index (χ2n) is 5.82. The number of benzene rings is 2. The lowest BCUT2D eigenvalue weighted by Gasteiger charge is -2.07. The first kappa shape index (κ1) is 19.2. The summed E-state index contributed by atoms with van der Waals surface area (Å²) in [6.45, 7) is 0. The van der Waals surface area contributed by atoms with E-state index in [0.717, 1.165) is 11.3 Å². The number of anilines is 3. The van der Waals surface area contributed by atoms with Gasteiger partial charge in [-0.3, -0.25) is 9.59 Å². The van der Waals surface area contributed by atoms with Crippen molar-refractivity contribution in [2.75, 3.05) is 25.3 Å². The van der Waals surface area contributed by atoms with Gasteiger partial charge in [-0.05, 0) is 48.5 Å². The van der Waals surface area contributed by atoms with Gasteiger partial charge in [0.1, 0.15) is 21.4 Å². The van der Waals surface area contributed by atoms with E-state index in [4.69, 9.17) is 20.9 Å². The molecule has 0 aliphatic carbocycles. The van der Waals surface area contributed by atoms with Crippen molar-refractivity contribution in [2.45, 2.75) is 0 Å². The molecule has 0 atom stereocenters. The Balaban J connectivity index is 1.97. The number of carbonyl (C=O) groups excluding carboxylic acids is 2. The van der Waals surface area contributed by atoms with Crippen molar-refractivity contribution in [3.8, 4) is 11.5 Å². The van der Waals surface area contributed by atoms with Gasteiger partial charge in [0, 0.05) is 11.3 Å². The Kier molecular flexibility index (Phi) is 5.51. The van der Waals surface area contributed by atoms with E-state index < -0.39 is 5.91 Å². The molecule has 3 aromatic rings. The van der Waals surface area contributed by atoms with Crippen molar-refractivity contribution in [3.05, 3.63) is 64.5 Å². The molecule has 0 aliphatic heterocycles. The fraction of sp³-hybridized carbons (Fsp3) is 0.100. The van der Waals surface area contributed by atoms with Crippen LogP contribution in [0, 0.1) is 0 Å². The van der Waals surface area contributed by atoms with Gasteiger partial charge < -0.3 is 26.3 Å². The topological polar surface area (TPSA) is 117 Å². The normalized spacial score (nSPS) is 10.4. The number of thiophene rings is 1. The zero-order chi connectivity index (χ0) is 20.3. The molecule has 0 unspecified atom stereocenters. The van der Waals surface area contributed by atoms with Gasteiger partial charge in [0.2, 0.25) is 5.78 Å². The average molecular weight is 397 g/mol. The van der Waals surface area contributed by atoms with Crippen molar-refractivity contribution in [3.63, 3.8) is 0 Å². The lowest BCUT2D eigenvalue weighted by Crippen LogP contribution is -2.14. The van der Waals surface area contributed by atoms with E-state index in [-0.39, 0.29) is 21.9 Å². The molecule has 0 spiro atoms. The number of nitrogens with one attached hydrogen (secondary N) is 1. The number of nitrogens with two attached hydrogens (primary N) is 2. The first-order chi connectivity index (χ1) is 13.4. The van der Waals surface area contributed by atoms with Gasteiger partial charge in [0.05, 0.1) is 25.5 Å². The fourth-order valence-electron chi connectivity index (χ4n) is 2.62. The molecule has 3 rings (SSSR count). The van der Waals surface area contributed by atoms with E-state index in [2.05, 4.69) is 5.32 Å². The van der Waals surface area contributed by atoms with Crippen LogP contribution in [0.15, 0.2) is 48.5 Å². The highest BCUT2D eigenvalue weighted by atomic mass is 32.1. The van der Waals surface area contributed by atoms with Crippen LogP contribution in [-0.2, 0) is 0 Å². The van der Waals surface area contributed by atoms with Crippen molar-refractivity contribution >= 4 is 39.4 Å². The summed E-state index contributed by atoms with van der Waals surface area (Å²) in [6.07, 6.45) is 0. The Bertz CT molecular complexity index is 1010. The molecule has 7 nitrogen and oxygen atoms in total. The van der Waals surface area contributed by atoms with Gasteiger partial charge in [-0.1, -0.05) is 0 Å². The fourth-order valence-corrected chi connectivity index (χ4v) is 3.73. The number of hydrogen-bond acceptors (Lipinski definition) is 7.